The zero-order valence-electron chi connectivity index (χ0n) is 23.5. The van der Waals surface area contributed by atoms with E-state index in [1.165, 1.54) is 24.5 Å². The Hall–Kier alpha value is -3.57. The van der Waals surface area contributed by atoms with Crippen LogP contribution in [0.4, 0.5) is 10.2 Å². The summed E-state index contributed by atoms with van der Waals surface area (Å²) in [6, 6.07) is 3.97. The molecule has 1 saturated heterocycles. The molecule has 1 aromatic carbocycles. The van der Waals surface area contributed by atoms with Crippen LogP contribution in [0.25, 0.3) is 0 Å². The van der Waals surface area contributed by atoms with Gasteiger partial charge in [0.2, 0.25) is 5.88 Å². The van der Waals surface area contributed by atoms with Crippen molar-refractivity contribution >= 4 is 24.1 Å². The number of fused-ring (bicyclic) bond motifs is 1. The number of hydrogen-bond acceptors (Lipinski definition) is 9. The second kappa shape index (κ2) is 11.7. The number of anilines is 1. The van der Waals surface area contributed by atoms with Crippen LogP contribution in [0.3, 0.4) is 0 Å². The molecule has 1 saturated carbocycles. The summed E-state index contributed by atoms with van der Waals surface area (Å²) in [6.07, 6.45) is 7.57. The van der Waals surface area contributed by atoms with E-state index < -0.39 is 5.82 Å². The van der Waals surface area contributed by atoms with E-state index in [9.17, 15) is 9.18 Å². The van der Waals surface area contributed by atoms with Crippen molar-refractivity contribution in [3.63, 3.8) is 0 Å². The molecule has 3 aliphatic rings. The smallest absolute Gasteiger partial charge is 0.257 e. The van der Waals surface area contributed by atoms with Crippen molar-refractivity contribution in [3.05, 3.63) is 59.7 Å². The van der Waals surface area contributed by atoms with E-state index in [0.29, 0.717) is 24.0 Å². The van der Waals surface area contributed by atoms with Crippen molar-refractivity contribution in [3.8, 4) is 17.4 Å². The average Bonchev–Trinajstić information content (AvgIpc) is 2.91. The molecule has 1 amide bonds. The topological polar surface area (TPSA) is 106 Å². The van der Waals surface area contributed by atoms with E-state index in [4.69, 9.17) is 9.47 Å². The van der Waals surface area contributed by atoms with Gasteiger partial charge in [-0.2, -0.15) is 0 Å². The number of hydrogen-bond donors (Lipinski definition) is 1. The maximum absolute atomic E-state index is 14.2. The first-order chi connectivity index (χ1) is 19.4. The maximum atomic E-state index is 14.2. The lowest BCUT2D eigenvalue weighted by molar-refractivity contribution is -0.0371. The quantitative estimate of drug-likeness (QED) is 0.418. The van der Waals surface area contributed by atoms with Crippen molar-refractivity contribution in [2.75, 3.05) is 31.1 Å². The van der Waals surface area contributed by atoms with Crippen LogP contribution in [-0.2, 0) is 13.0 Å². The first kappa shape index (κ1) is 28.9. The molecule has 0 atom stereocenters. The molecule has 1 N–H and O–H groups in total. The Morgan fingerprint density at radius 3 is 2.76 bits per heavy atom. The van der Waals surface area contributed by atoms with Crippen LogP contribution in [0.5, 0.6) is 17.4 Å². The molecule has 12 heteroatoms. The molecule has 3 aromatic rings. The van der Waals surface area contributed by atoms with E-state index in [-0.39, 0.29) is 47.2 Å². The predicted octanol–water partition coefficient (Wildman–Crippen LogP) is 4.18. The summed E-state index contributed by atoms with van der Waals surface area (Å²) >= 11 is 0. The molecular weight excluding hydrogens is 549 g/mol. The maximum Gasteiger partial charge on any atom is 0.257 e. The fourth-order valence-electron chi connectivity index (χ4n) is 6.06. The Morgan fingerprint density at radius 2 is 2.00 bits per heavy atom. The summed E-state index contributed by atoms with van der Waals surface area (Å²) < 4.78 is 26.7. The molecule has 218 valence electrons. The van der Waals surface area contributed by atoms with Crippen LogP contribution >= 0.6 is 12.4 Å². The minimum absolute atomic E-state index is 0. The third-order valence-corrected chi connectivity index (χ3v) is 8.06. The van der Waals surface area contributed by atoms with Gasteiger partial charge in [-0.25, -0.2) is 24.3 Å². The van der Waals surface area contributed by atoms with E-state index in [2.05, 4.69) is 30.2 Å². The van der Waals surface area contributed by atoms with Gasteiger partial charge in [0.1, 0.15) is 30.3 Å². The number of halogens is 2. The van der Waals surface area contributed by atoms with Gasteiger partial charge in [-0.1, -0.05) is 0 Å². The zero-order valence-corrected chi connectivity index (χ0v) is 24.3. The molecule has 1 aliphatic carbocycles. The number of carbonyl (C=O) groups excluding carboxylic acids is 1. The molecule has 10 nitrogen and oxygen atoms in total. The fourth-order valence-corrected chi connectivity index (χ4v) is 6.06. The van der Waals surface area contributed by atoms with E-state index in [1.54, 1.807) is 17.4 Å². The van der Waals surface area contributed by atoms with E-state index >= 15 is 0 Å². The van der Waals surface area contributed by atoms with Gasteiger partial charge in [-0.15, -0.1) is 12.4 Å². The Morgan fingerprint density at radius 1 is 1.20 bits per heavy atom. The van der Waals surface area contributed by atoms with E-state index in [1.807, 2.05) is 20.8 Å². The Kier molecular flexibility index (Phi) is 8.28. The number of nitrogens with one attached hydrogen (secondary N) is 1. The monoisotopic (exact) mass is 583 g/mol. The van der Waals surface area contributed by atoms with Crippen LogP contribution < -0.4 is 19.7 Å². The summed E-state index contributed by atoms with van der Waals surface area (Å²) in [5.41, 5.74) is 2.48. The van der Waals surface area contributed by atoms with Crippen LogP contribution in [0.2, 0.25) is 0 Å². The minimum Gasteiger partial charge on any atom is -0.474 e. The third kappa shape index (κ3) is 5.65. The van der Waals surface area contributed by atoms with Gasteiger partial charge in [0.25, 0.3) is 5.91 Å². The van der Waals surface area contributed by atoms with Gasteiger partial charge in [0, 0.05) is 56.2 Å². The fraction of sp³-hybridized carbons (Fsp3) is 0.483. The number of amides is 1. The number of aromatic nitrogens is 4. The van der Waals surface area contributed by atoms with Crippen LogP contribution in [0, 0.1) is 11.2 Å². The highest BCUT2D eigenvalue weighted by molar-refractivity contribution is 5.97. The van der Waals surface area contributed by atoms with Crippen LogP contribution in [0.15, 0.2) is 37.1 Å². The highest BCUT2D eigenvalue weighted by Crippen LogP contribution is 2.52. The minimum atomic E-state index is -0.495. The Labute approximate surface area is 245 Å². The first-order valence-electron chi connectivity index (χ1n) is 13.9. The van der Waals surface area contributed by atoms with E-state index in [0.717, 1.165) is 56.7 Å². The van der Waals surface area contributed by atoms with Crippen molar-refractivity contribution in [2.24, 2.45) is 5.41 Å². The average molecular weight is 584 g/mol. The predicted molar refractivity (Wildman–Crippen MR) is 153 cm³/mol. The van der Waals surface area contributed by atoms with Gasteiger partial charge in [0.15, 0.2) is 11.6 Å². The Balaban J connectivity index is 0.00000337. The van der Waals surface area contributed by atoms with Crippen LogP contribution in [-0.4, -0.2) is 69.1 Å². The highest BCUT2D eigenvalue weighted by atomic mass is 35.5. The number of carbonyl (C=O) groups is 1. The molecule has 2 aromatic heterocycles. The Bertz CT molecular complexity index is 1410. The standard InChI is InChI=1S/C29H34FN7O3.ClH/c1-4-37(18(2)3)28(38)21-9-19(30)5-6-24(21)40-25-13-32-16-34-26(25)36-14-29(15-36)10-20(11-29)39-27-22-12-31-8-7-23(22)33-17-35-27;/h5-6,9,13,16-18,20,31H,4,7-8,10-12,14-15H2,1-3H3;1H. The molecule has 6 rings (SSSR count). The normalized spacial score (nSPS) is 17.2. The van der Waals surface area contributed by atoms with Crippen molar-refractivity contribution in [1.82, 2.24) is 30.2 Å². The summed E-state index contributed by atoms with van der Waals surface area (Å²) in [4.78, 5) is 34.5. The molecule has 4 heterocycles. The van der Waals surface area contributed by atoms with Gasteiger partial charge >= 0.3 is 0 Å². The van der Waals surface area contributed by atoms with Gasteiger partial charge in [-0.3, -0.25) is 4.79 Å². The highest BCUT2D eigenvalue weighted by Gasteiger charge is 2.54. The van der Waals surface area contributed by atoms with Gasteiger partial charge in [0.05, 0.1) is 17.5 Å². The first-order valence-corrected chi connectivity index (χ1v) is 13.9. The lowest BCUT2D eigenvalue weighted by atomic mass is 9.61. The van der Waals surface area contributed by atoms with Gasteiger partial charge in [-0.05, 0) is 51.8 Å². The lowest BCUT2D eigenvalue weighted by Gasteiger charge is -2.58. The van der Waals surface area contributed by atoms with Crippen molar-refractivity contribution in [2.45, 2.75) is 58.7 Å². The zero-order chi connectivity index (χ0) is 27.9. The molecule has 41 heavy (non-hydrogen) atoms. The summed E-state index contributed by atoms with van der Waals surface area (Å²) in [7, 11) is 0. The SMILES string of the molecule is CCN(C(=O)c1cc(F)ccc1Oc1cncnc1N1CC2(CC(Oc3ncnc4c3CNCC4)C2)C1)C(C)C.Cl. The van der Waals surface area contributed by atoms with Crippen LogP contribution in [0.1, 0.15) is 55.2 Å². The molecular formula is C29H35ClFN7O3. The molecule has 2 fully saturated rings. The number of ether oxygens (including phenoxy) is 2. The van der Waals surface area contributed by atoms with Crippen molar-refractivity contribution < 1.29 is 18.7 Å². The number of benzene rings is 1. The lowest BCUT2D eigenvalue weighted by Crippen LogP contribution is -2.65. The van der Waals surface area contributed by atoms with Gasteiger partial charge < -0.3 is 24.6 Å². The third-order valence-electron chi connectivity index (χ3n) is 8.06. The largest absolute Gasteiger partial charge is 0.474 e. The summed E-state index contributed by atoms with van der Waals surface area (Å²) in [5, 5.41) is 3.37. The summed E-state index contributed by atoms with van der Waals surface area (Å²) in [6.45, 7) is 9.55. The number of rotatable bonds is 8. The molecule has 0 radical (unpaired) electrons. The number of nitrogens with zero attached hydrogens (tertiary/aromatic N) is 6. The molecule has 1 spiro atoms. The molecule has 0 unspecified atom stereocenters. The van der Waals surface area contributed by atoms with Crippen molar-refractivity contribution in [1.29, 1.82) is 0 Å². The second-order valence-electron chi connectivity index (χ2n) is 11.2. The second-order valence-corrected chi connectivity index (χ2v) is 11.2. The molecule has 0 bridgehead atoms. The molecule has 2 aliphatic heterocycles. The summed E-state index contributed by atoms with van der Waals surface area (Å²) in [5.74, 6) is 1.28.